The van der Waals surface area contributed by atoms with Crippen LogP contribution in [0, 0.1) is 0 Å². The number of anilines is 1. The van der Waals surface area contributed by atoms with Gasteiger partial charge < -0.3 is 15.2 Å². The standard InChI is InChI=1S/C15H16N2O3/c1-10(18)11-4-3-5-12(8-11)17-15(19)13-6-7-16-9-14(13)20-2/h3-10,18H,1-2H3,(H,17,19). The normalized spacial score (nSPS) is 11.8. The van der Waals surface area contributed by atoms with Gasteiger partial charge >= 0.3 is 0 Å². The molecule has 0 aliphatic rings. The fourth-order valence-electron chi connectivity index (χ4n) is 1.80. The lowest BCUT2D eigenvalue weighted by Crippen LogP contribution is -2.13. The second-order valence-corrected chi connectivity index (χ2v) is 4.33. The fraction of sp³-hybridized carbons (Fsp3) is 0.200. The highest BCUT2D eigenvalue weighted by Crippen LogP contribution is 2.20. The average Bonchev–Trinajstić information content (AvgIpc) is 2.47. The average molecular weight is 272 g/mol. The molecule has 2 rings (SSSR count). The molecule has 1 aromatic heterocycles. The summed E-state index contributed by atoms with van der Waals surface area (Å²) in [7, 11) is 1.49. The lowest BCUT2D eigenvalue weighted by atomic mass is 10.1. The first-order valence-electron chi connectivity index (χ1n) is 6.19. The van der Waals surface area contributed by atoms with Gasteiger partial charge in [0.1, 0.15) is 5.75 Å². The van der Waals surface area contributed by atoms with Crippen molar-refractivity contribution in [2.24, 2.45) is 0 Å². The van der Waals surface area contributed by atoms with Gasteiger partial charge in [0, 0.05) is 11.9 Å². The van der Waals surface area contributed by atoms with Crippen LogP contribution in [0.5, 0.6) is 5.75 Å². The van der Waals surface area contributed by atoms with Crippen LogP contribution < -0.4 is 10.1 Å². The number of carbonyl (C=O) groups is 1. The molecule has 0 aliphatic heterocycles. The van der Waals surface area contributed by atoms with E-state index in [1.165, 1.54) is 19.5 Å². The number of aliphatic hydroxyl groups excluding tert-OH is 1. The van der Waals surface area contributed by atoms with Crippen molar-refractivity contribution in [2.45, 2.75) is 13.0 Å². The predicted molar refractivity (Wildman–Crippen MR) is 75.8 cm³/mol. The number of aromatic nitrogens is 1. The number of hydrogen-bond donors (Lipinski definition) is 2. The molecule has 5 heteroatoms. The van der Waals surface area contributed by atoms with Crippen LogP contribution in [0.2, 0.25) is 0 Å². The van der Waals surface area contributed by atoms with Crippen LogP contribution in [0.25, 0.3) is 0 Å². The molecule has 2 N–H and O–H groups in total. The Morgan fingerprint density at radius 1 is 1.40 bits per heavy atom. The van der Waals surface area contributed by atoms with Gasteiger partial charge in [-0.25, -0.2) is 0 Å². The molecule has 20 heavy (non-hydrogen) atoms. The molecular weight excluding hydrogens is 256 g/mol. The van der Waals surface area contributed by atoms with E-state index in [9.17, 15) is 9.90 Å². The topological polar surface area (TPSA) is 71.5 Å². The Labute approximate surface area is 117 Å². The maximum Gasteiger partial charge on any atom is 0.259 e. The van der Waals surface area contributed by atoms with Gasteiger partial charge in [0.25, 0.3) is 5.91 Å². The quantitative estimate of drug-likeness (QED) is 0.896. The van der Waals surface area contributed by atoms with Crippen molar-refractivity contribution in [3.8, 4) is 5.75 Å². The molecule has 1 atom stereocenters. The van der Waals surface area contributed by atoms with Crippen molar-refractivity contribution in [3.63, 3.8) is 0 Å². The molecule has 0 aliphatic carbocycles. The van der Waals surface area contributed by atoms with Crippen LogP contribution >= 0.6 is 0 Å². The minimum Gasteiger partial charge on any atom is -0.494 e. The van der Waals surface area contributed by atoms with Crippen molar-refractivity contribution in [1.29, 1.82) is 0 Å². The van der Waals surface area contributed by atoms with Crippen LogP contribution in [0.4, 0.5) is 5.69 Å². The molecule has 0 saturated carbocycles. The van der Waals surface area contributed by atoms with Crippen LogP contribution in [0.15, 0.2) is 42.7 Å². The first-order valence-corrected chi connectivity index (χ1v) is 6.19. The summed E-state index contributed by atoms with van der Waals surface area (Å²) in [5.41, 5.74) is 1.77. The van der Waals surface area contributed by atoms with E-state index in [2.05, 4.69) is 10.3 Å². The first kappa shape index (κ1) is 14.0. The Morgan fingerprint density at radius 2 is 2.20 bits per heavy atom. The van der Waals surface area contributed by atoms with Crippen molar-refractivity contribution in [3.05, 3.63) is 53.9 Å². The van der Waals surface area contributed by atoms with Crippen LogP contribution in [-0.2, 0) is 0 Å². The Kier molecular flexibility index (Phi) is 4.32. The van der Waals surface area contributed by atoms with Crippen LogP contribution in [0.1, 0.15) is 28.9 Å². The number of carbonyl (C=O) groups excluding carboxylic acids is 1. The zero-order chi connectivity index (χ0) is 14.5. The molecule has 1 unspecified atom stereocenters. The lowest BCUT2D eigenvalue weighted by molar-refractivity contribution is 0.102. The summed E-state index contributed by atoms with van der Waals surface area (Å²) < 4.78 is 5.10. The molecule has 104 valence electrons. The molecule has 0 radical (unpaired) electrons. The summed E-state index contributed by atoms with van der Waals surface area (Å²) in [6, 6.07) is 8.66. The highest BCUT2D eigenvalue weighted by atomic mass is 16.5. The van der Waals surface area contributed by atoms with Gasteiger partial charge in [0.2, 0.25) is 0 Å². The largest absolute Gasteiger partial charge is 0.494 e. The van der Waals surface area contributed by atoms with E-state index in [-0.39, 0.29) is 5.91 Å². The summed E-state index contributed by atoms with van der Waals surface area (Å²) in [5.74, 6) is 0.128. The van der Waals surface area contributed by atoms with Gasteiger partial charge in [-0.05, 0) is 30.7 Å². The van der Waals surface area contributed by atoms with Gasteiger partial charge in [-0.2, -0.15) is 0 Å². The minimum absolute atomic E-state index is 0.285. The maximum atomic E-state index is 12.2. The molecular formula is C15H16N2O3. The van der Waals surface area contributed by atoms with Crippen LogP contribution in [0.3, 0.4) is 0 Å². The van der Waals surface area contributed by atoms with Crippen LogP contribution in [-0.4, -0.2) is 23.1 Å². The third-order valence-electron chi connectivity index (χ3n) is 2.88. The molecule has 0 saturated heterocycles. The molecule has 0 spiro atoms. The molecule has 0 fully saturated rings. The Balaban J connectivity index is 2.21. The summed E-state index contributed by atoms with van der Waals surface area (Å²) >= 11 is 0. The molecule has 2 aromatic rings. The summed E-state index contributed by atoms with van der Waals surface area (Å²) in [4.78, 5) is 16.1. The van der Waals surface area contributed by atoms with Gasteiger partial charge in [-0.15, -0.1) is 0 Å². The summed E-state index contributed by atoms with van der Waals surface area (Å²) in [5, 5.41) is 12.3. The third kappa shape index (κ3) is 3.13. The molecule has 1 heterocycles. The zero-order valence-corrected chi connectivity index (χ0v) is 11.3. The van der Waals surface area contributed by atoms with E-state index in [0.717, 1.165) is 5.56 Å². The fourth-order valence-corrected chi connectivity index (χ4v) is 1.80. The Morgan fingerprint density at radius 3 is 2.90 bits per heavy atom. The van der Waals surface area contributed by atoms with Gasteiger partial charge in [-0.3, -0.25) is 9.78 Å². The number of pyridine rings is 1. The number of ether oxygens (including phenoxy) is 1. The number of nitrogens with zero attached hydrogens (tertiary/aromatic N) is 1. The van der Waals surface area contributed by atoms with E-state index in [0.29, 0.717) is 17.0 Å². The number of rotatable bonds is 4. The van der Waals surface area contributed by atoms with E-state index < -0.39 is 6.10 Å². The van der Waals surface area contributed by atoms with Crippen molar-refractivity contribution < 1.29 is 14.6 Å². The van der Waals surface area contributed by atoms with Gasteiger partial charge in [0.15, 0.2) is 0 Å². The van der Waals surface area contributed by atoms with Crippen molar-refractivity contribution >= 4 is 11.6 Å². The SMILES string of the molecule is COc1cnccc1C(=O)Nc1cccc(C(C)O)c1. The van der Waals surface area contributed by atoms with E-state index in [1.807, 2.05) is 0 Å². The molecule has 1 aromatic carbocycles. The van der Waals surface area contributed by atoms with Crippen molar-refractivity contribution in [2.75, 3.05) is 12.4 Å². The maximum absolute atomic E-state index is 12.2. The smallest absolute Gasteiger partial charge is 0.259 e. The number of benzene rings is 1. The molecule has 5 nitrogen and oxygen atoms in total. The van der Waals surface area contributed by atoms with Gasteiger partial charge in [0.05, 0.1) is 25.0 Å². The predicted octanol–water partition coefficient (Wildman–Crippen LogP) is 2.40. The van der Waals surface area contributed by atoms with E-state index >= 15 is 0 Å². The molecule has 1 amide bonds. The number of hydrogen-bond acceptors (Lipinski definition) is 4. The van der Waals surface area contributed by atoms with Gasteiger partial charge in [-0.1, -0.05) is 12.1 Å². The highest BCUT2D eigenvalue weighted by Gasteiger charge is 2.12. The number of amides is 1. The second-order valence-electron chi connectivity index (χ2n) is 4.33. The first-order chi connectivity index (χ1) is 9.61. The Bertz CT molecular complexity index is 612. The highest BCUT2D eigenvalue weighted by molar-refractivity contribution is 6.06. The summed E-state index contributed by atoms with van der Waals surface area (Å²) in [6.07, 6.45) is 2.44. The zero-order valence-electron chi connectivity index (χ0n) is 11.3. The monoisotopic (exact) mass is 272 g/mol. The number of aliphatic hydroxyl groups is 1. The van der Waals surface area contributed by atoms with Crippen molar-refractivity contribution in [1.82, 2.24) is 4.98 Å². The number of nitrogens with one attached hydrogen (secondary N) is 1. The minimum atomic E-state index is -0.581. The lowest BCUT2D eigenvalue weighted by Gasteiger charge is -2.10. The van der Waals surface area contributed by atoms with E-state index in [4.69, 9.17) is 4.74 Å². The third-order valence-corrected chi connectivity index (χ3v) is 2.88. The number of methoxy groups -OCH3 is 1. The second kappa shape index (κ2) is 6.16. The van der Waals surface area contributed by atoms with E-state index in [1.54, 1.807) is 37.3 Å². The molecule has 0 bridgehead atoms. The Hall–Kier alpha value is -2.40. The summed E-state index contributed by atoms with van der Waals surface area (Å²) in [6.45, 7) is 1.67.